The van der Waals surface area contributed by atoms with Crippen LogP contribution in [0.1, 0.15) is 72.1 Å². The number of rotatable bonds is 4. The summed E-state index contributed by atoms with van der Waals surface area (Å²) in [6.45, 7) is 1.54. The van der Waals surface area contributed by atoms with Crippen molar-refractivity contribution < 1.29 is 48.0 Å². The van der Waals surface area contributed by atoms with E-state index in [4.69, 9.17) is 0 Å². The van der Waals surface area contributed by atoms with Gasteiger partial charge in [-0.15, -0.1) is 0 Å². The first kappa shape index (κ1) is 27.9. The van der Waals surface area contributed by atoms with Gasteiger partial charge in [0.05, 0.1) is 17.2 Å². The molecule has 1 aliphatic heterocycles. The molecule has 0 spiro atoms. The highest BCUT2D eigenvalue weighted by Gasteiger charge is 2.64. The molecule has 9 nitrogen and oxygen atoms in total. The minimum Gasteiger partial charge on any atom is -0.510 e. The second-order valence-corrected chi connectivity index (χ2v) is 11.9. The van der Waals surface area contributed by atoms with Crippen molar-refractivity contribution in [2.24, 2.45) is 11.8 Å². The highest BCUT2D eigenvalue weighted by atomic mass is 19.4. The van der Waals surface area contributed by atoms with Crippen molar-refractivity contribution in [2.45, 2.75) is 75.4 Å². The molecule has 4 aliphatic carbocycles. The number of halogens is 3. The van der Waals surface area contributed by atoms with Crippen LogP contribution >= 0.6 is 0 Å². The lowest BCUT2D eigenvalue weighted by atomic mass is 9.58. The molecule has 1 aromatic carbocycles. The molecule has 0 radical (unpaired) electrons. The molecule has 12 heteroatoms. The number of allylic oxidation sites excluding steroid dienone is 1. The Kier molecular flexibility index (Phi) is 6.22. The number of phenols is 1. The zero-order valence-electron chi connectivity index (χ0n) is 22.5. The number of aliphatic hydroxyl groups is 3. The lowest BCUT2D eigenvalue weighted by Crippen LogP contribution is -2.64. The summed E-state index contributed by atoms with van der Waals surface area (Å²) in [5, 5.41) is 48.3. The highest BCUT2D eigenvalue weighted by Crippen LogP contribution is 2.55. The average Bonchev–Trinajstić information content (AvgIpc) is 3.58. The molecule has 41 heavy (non-hydrogen) atoms. The molecule has 220 valence electrons. The van der Waals surface area contributed by atoms with E-state index in [9.17, 15) is 48.0 Å². The maximum absolute atomic E-state index is 14.6. The van der Waals surface area contributed by atoms with Crippen LogP contribution in [0.5, 0.6) is 5.75 Å². The normalized spacial score (nSPS) is 31.9. The van der Waals surface area contributed by atoms with Gasteiger partial charge in [0.2, 0.25) is 5.78 Å². The summed E-state index contributed by atoms with van der Waals surface area (Å²) in [5.74, 6) is -7.82. The van der Waals surface area contributed by atoms with Crippen LogP contribution in [0.4, 0.5) is 13.2 Å². The fourth-order valence-electron chi connectivity index (χ4n) is 7.60. The zero-order chi connectivity index (χ0) is 29.8. The zero-order valence-corrected chi connectivity index (χ0v) is 22.5. The summed E-state index contributed by atoms with van der Waals surface area (Å²) < 4.78 is 43.9. The molecule has 5 N–H and O–H groups in total. The summed E-state index contributed by atoms with van der Waals surface area (Å²) in [5.41, 5.74) is -6.10. The van der Waals surface area contributed by atoms with Gasteiger partial charge in [0.25, 0.3) is 0 Å². The van der Waals surface area contributed by atoms with Gasteiger partial charge in [-0.2, -0.15) is 13.2 Å². The molecular formula is C29H31F3N2O7. The third-order valence-corrected chi connectivity index (χ3v) is 9.59. The molecule has 0 bridgehead atoms. The predicted molar refractivity (Wildman–Crippen MR) is 137 cm³/mol. The summed E-state index contributed by atoms with van der Waals surface area (Å²) in [6.07, 6.45) is -2.91. The summed E-state index contributed by atoms with van der Waals surface area (Å²) in [7, 11) is 1.64. The van der Waals surface area contributed by atoms with Crippen LogP contribution in [-0.2, 0) is 22.2 Å². The number of carbonyl (C=O) groups excluding carboxylic acids is 3. The molecule has 5 aliphatic rings. The Bertz CT molecular complexity index is 1450. The Balaban J connectivity index is 1.55. The number of hydrogen-bond donors (Lipinski definition) is 5. The molecule has 5 atom stereocenters. The SMILES string of the molecule is CC(=O)C1=C(O)[C@@H](N(C)C2CC2)[C@@H]2C[C@@H]3Cc4c(c(O)cc(C5CCCN5)c4C(F)(F)F)C(=O)C3=C(O)[C@]2(O)C1=O. The van der Waals surface area contributed by atoms with E-state index in [1.807, 2.05) is 0 Å². The number of benzene rings is 1. The predicted octanol–water partition coefficient (Wildman–Crippen LogP) is 3.20. The molecule has 1 heterocycles. The van der Waals surface area contributed by atoms with Crippen LogP contribution in [0.2, 0.25) is 0 Å². The Morgan fingerprint density at radius 2 is 1.83 bits per heavy atom. The van der Waals surface area contributed by atoms with Gasteiger partial charge in [-0.05, 0) is 82.2 Å². The first-order valence-electron chi connectivity index (χ1n) is 13.8. The third-order valence-electron chi connectivity index (χ3n) is 9.59. The van der Waals surface area contributed by atoms with E-state index >= 15 is 0 Å². The van der Waals surface area contributed by atoms with Crippen LogP contribution in [0, 0.1) is 11.8 Å². The van der Waals surface area contributed by atoms with Crippen LogP contribution in [-0.4, -0.2) is 74.0 Å². The monoisotopic (exact) mass is 576 g/mol. The van der Waals surface area contributed by atoms with Crippen molar-refractivity contribution in [2.75, 3.05) is 13.6 Å². The molecular weight excluding hydrogens is 545 g/mol. The summed E-state index contributed by atoms with van der Waals surface area (Å²) in [4.78, 5) is 41.5. The second kappa shape index (κ2) is 9.14. The maximum Gasteiger partial charge on any atom is 0.417 e. The molecule has 1 saturated heterocycles. The number of Topliss-reactive ketones (excluding diaryl/α,β-unsaturated/α-hetero) is 3. The van der Waals surface area contributed by atoms with Gasteiger partial charge < -0.3 is 25.7 Å². The number of alkyl halides is 3. The third kappa shape index (κ3) is 3.90. The fourth-order valence-corrected chi connectivity index (χ4v) is 7.60. The Morgan fingerprint density at radius 3 is 2.39 bits per heavy atom. The molecule has 0 aromatic heterocycles. The van der Waals surface area contributed by atoms with Gasteiger partial charge in [-0.3, -0.25) is 19.3 Å². The number of fused-ring (bicyclic) bond motifs is 3. The van der Waals surface area contributed by atoms with Gasteiger partial charge in [-0.1, -0.05) is 0 Å². The second-order valence-electron chi connectivity index (χ2n) is 11.9. The van der Waals surface area contributed by atoms with Crippen molar-refractivity contribution in [3.63, 3.8) is 0 Å². The number of nitrogens with zero attached hydrogens (tertiary/aromatic N) is 1. The molecule has 0 amide bonds. The van der Waals surface area contributed by atoms with Crippen molar-refractivity contribution in [3.05, 3.63) is 51.0 Å². The summed E-state index contributed by atoms with van der Waals surface area (Å²) >= 11 is 0. The van der Waals surface area contributed by atoms with Gasteiger partial charge in [-0.25, -0.2) is 0 Å². The first-order chi connectivity index (χ1) is 19.2. The van der Waals surface area contributed by atoms with Crippen molar-refractivity contribution >= 4 is 17.3 Å². The Hall–Kier alpha value is -3.22. The van der Waals surface area contributed by atoms with Crippen molar-refractivity contribution in [1.29, 1.82) is 0 Å². The van der Waals surface area contributed by atoms with Gasteiger partial charge >= 0.3 is 6.18 Å². The topological polar surface area (TPSA) is 147 Å². The van der Waals surface area contributed by atoms with E-state index in [-0.39, 0.29) is 18.0 Å². The smallest absolute Gasteiger partial charge is 0.417 e. The summed E-state index contributed by atoms with van der Waals surface area (Å²) in [6, 6.07) is -0.876. The van der Waals surface area contributed by atoms with E-state index in [0.717, 1.165) is 25.8 Å². The first-order valence-corrected chi connectivity index (χ1v) is 13.8. The standard InChI is InChI=1S/C29H31F3N2O7/c1-11(35)19-25(38)23(34(2)13-5-6-13)16-9-12-8-15-21(24(37)20(12)27(40)28(16,41)26(19)39)18(36)10-14(17-4-3-7-33-17)22(15)29(30,31)32/h10,12-13,16-17,23,33,36,38,40-41H,3-9H2,1-2H3/t12-,16-,17?,23-,28+/m0/s1. The van der Waals surface area contributed by atoms with Crippen LogP contribution in [0.3, 0.4) is 0 Å². The van der Waals surface area contributed by atoms with Crippen LogP contribution in [0.15, 0.2) is 28.7 Å². The average molecular weight is 577 g/mol. The van der Waals surface area contributed by atoms with Crippen molar-refractivity contribution in [1.82, 2.24) is 10.2 Å². The fraction of sp³-hybridized carbons (Fsp3) is 0.552. The maximum atomic E-state index is 14.6. The molecule has 1 aromatic rings. The lowest BCUT2D eigenvalue weighted by molar-refractivity contribution is -0.149. The largest absolute Gasteiger partial charge is 0.510 e. The van der Waals surface area contributed by atoms with E-state index in [2.05, 4.69) is 5.32 Å². The number of hydrogen-bond acceptors (Lipinski definition) is 9. The van der Waals surface area contributed by atoms with E-state index < -0.39 is 105 Å². The molecule has 6 rings (SSSR count). The van der Waals surface area contributed by atoms with Crippen LogP contribution < -0.4 is 5.32 Å². The number of ketones is 3. The van der Waals surface area contributed by atoms with Crippen LogP contribution in [0.25, 0.3) is 0 Å². The minimum absolute atomic E-state index is 0.0377. The number of phenolic OH excluding ortho intramolecular Hbond substituents is 1. The lowest BCUT2D eigenvalue weighted by Gasteiger charge is -2.51. The number of aliphatic hydroxyl groups excluding tert-OH is 2. The Labute approximate surface area is 233 Å². The number of nitrogens with one attached hydrogen (secondary N) is 1. The van der Waals surface area contributed by atoms with Gasteiger partial charge in [0.15, 0.2) is 17.2 Å². The van der Waals surface area contributed by atoms with E-state index in [1.54, 1.807) is 11.9 Å². The quantitative estimate of drug-likeness (QED) is 0.341. The number of likely N-dealkylation sites (N-methyl/N-ethyl adjacent to an activating group) is 1. The number of carbonyl (C=O) groups is 3. The minimum atomic E-state index is -4.86. The molecule has 1 saturated carbocycles. The van der Waals surface area contributed by atoms with Gasteiger partial charge in [0, 0.05) is 23.6 Å². The molecule has 1 unspecified atom stereocenters. The van der Waals surface area contributed by atoms with E-state index in [0.29, 0.717) is 19.4 Å². The van der Waals surface area contributed by atoms with Crippen molar-refractivity contribution in [3.8, 4) is 5.75 Å². The Morgan fingerprint density at radius 1 is 1.15 bits per heavy atom. The van der Waals surface area contributed by atoms with Gasteiger partial charge in [0.1, 0.15) is 22.8 Å². The molecule has 2 fully saturated rings. The number of aromatic hydroxyl groups is 1. The van der Waals surface area contributed by atoms with E-state index in [1.165, 1.54) is 0 Å². The highest BCUT2D eigenvalue weighted by molar-refractivity contribution is 6.25.